The molecule has 0 spiro atoms. The lowest BCUT2D eigenvalue weighted by atomic mass is 10.1. The van der Waals surface area contributed by atoms with Gasteiger partial charge in [0.25, 0.3) is 0 Å². The molecule has 0 saturated heterocycles. The topological polar surface area (TPSA) is 49.8 Å². The highest BCUT2D eigenvalue weighted by atomic mass is 16.7. The molecule has 24 heavy (non-hydrogen) atoms. The Labute approximate surface area is 142 Å². The summed E-state index contributed by atoms with van der Waals surface area (Å²) in [5, 5.41) is 0. The van der Waals surface area contributed by atoms with Crippen molar-refractivity contribution in [3.63, 3.8) is 0 Å². The van der Waals surface area contributed by atoms with Gasteiger partial charge < -0.3 is 18.9 Å². The summed E-state index contributed by atoms with van der Waals surface area (Å²) in [5.74, 6) is 1.03. The smallest absolute Gasteiger partial charge is 0.205 e. The number of aromatic nitrogens is 1. The van der Waals surface area contributed by atoms with E-state index < -0.39 is 5.79 Å². The maximum absolute atomic E-state index is 5.93. The molecule has 0 bridgehead atoms. The number of nitrogens with zero attached hydrogens (tertiary/aromatic N) is 1. The lowest BCUT2D eigenvalue weighted by Crippen LogP contribution is -2.36. The number of hydrogen-bond donors (Lipinski definition) is 0. The Morgan fingerprint density at radius 2 is 1.92 bits per heavy atom. The Hall–Kier alpha value is -2.11. The minimum atomic E-state index is -0.623. The van der Waals surface area contributed by atoms with Crippen LogP contribution < -0.4 is 9.47 Å². The van der Waals surface area contributed by atoms with E-state index in [2.05, 4.69) is 4.98 Å². The number of pyridine rings is 1. The molecule has 0 fully saturated rings. The van der Waals surface area contributed by atoms with Crippen molar-refractivity contribution >= 4 is 0 Å². The van der Waals surface area contributed by atoms with Crippen LogP contribution in [0.3, 0.4) is 0 Å². The molecule has 2 heterocycles. The second-order valence-corrected chi connectivity index (χ2v) is 6.31. The van der Waals surface area contributed by atoms with Crippen LogP contribution in [0, 0.1) is 6.92 Å². The first kappa shape index (κ1) is 16.7. The Morgan fingerprint density at radius 1 is 1.17 bits per heavy atom. The number of methoxy groups -OCH3 is 1. The zero-order chi connectivity index (χ0) is 17.2. The standard InChI is InChI=1S/C19H23NO4/c1-13-18-17(12-23-19(2,3)24-18)15(9-20-13)11-22-10-14-5-7-16(21-4)8-6-14/h5-9H,10-12H2,1-4H3. The maximum Gasteiger partial charge on any atom is 0.205 e. The predicted molar refractivity (Wildman–Crippen MR) is 90.0 cm³/mol. The Kier molecular flexibility index (Phi) is 4.73. The first-order valence-corrected chi connectivity index (χ1v) is 7.99. The van der Waals surface area contributed by atoms with E-state index in [0.29, 0.717) is 19.8 Å². The highest BCUT2D eigenvalue weighted by Gasteiger charge is 2.30. The summed E-state index contributed by atoms with van der Waals surface area (Å²) in [5.41, 5.74) is 4.00. The molecule has 1 aromatic carbocycles. The zero-order valence-electron chi connectivity index (χ0n) is 14.6. The molecular formula is C19H23NO4. The van der Waals surface area contributed by atoms with Crippen molar-refractivity contribution in [3.05, 3.63) is 52.8 Å². The molecular weight excluding hydrogens is 306 g/mol. The maximum atomic E-state index is 5.93. The molecule has 3 rings (SSSR count). The van der Waals surface area contributed by atoms with Crippen molar-refractivity contribution in [2.75, 3.05) is 7.11 Å². The normalized spacial score (nSPS) is 15.5. The van der Waals surface area contributed by atoms with E-state index in [1.165, 1.54) is 0 Å². The molecule has 1 aliphatic rings. The van der Waals surface area contributed by atoms with Crippen molar-refractivity contribution in [2.45, 2.75) is 46.4 Å². The minimum absolute atomic E-state index is 0.467. The van der Waals surface area contributed by atoms with Crippen LogP contribution in [0.15, 0.2) is 30.5 Å². The van der Waals surface area contributed by atoms with Gasteiger partial charge in [0.05, 0.1) is 32.6 Å². The summed E-state index contributed by atoms with van der Waals surface area (Å²) < 4.78 is 22.7. The van der Waals surface area contributed by atoms with Crippen LogP contribution in [0.5, 0.6) is 11.5 Å². The van der Waals surface area contributed by atoms with Gasteiger partial charge in [-0.2, -0.15) is 0 Å². The van der Waals surface area contributed by atoms with E-state index in [1.807, 2.05) is 51.2 Å². The molecule has 0 unspecified atom stereocenters. The largest absolute Gasteiger partial charge is 0.497 e. The lowest BCUT2D eigenvalue weighted by Gasteiger charge is -2.34. The summed E-state index contributed by atoms with van der Waals surface area (Å²) in [6, 6.07) is 7.85. The SMILES string of the molecule is COc1ccc(COCc2cnc(C)c3c2COC(C)(C)O3)cc1. The molecule has 0 N–H and O–H groups in total. The van der Waals surface area contributed by atoms with Crippen molar-refractivity contribution in [3.8, 4) is 11.5 Å². The van der Waals surface area contributed by atoms with Gasteiger partial charge in [-0.25, -0.2) is 0 Å². The van der Waals surface area contributed by atoms with Crippen LogP contribution in [-0.2, 0) is 29.3 Å². The quantitative estimate of drug-likeness (QED) is 0.836. The third-order valence-electron chi connectivity index (χ3n) is 4.00. The fourth-order valence-corrected chi connectivity index (χ4v) is 2.62. The van der Waals surface area contributed by atoms with Crippen LogP contribution in [0.25, 0.3) is 0 Å². The van der Waals surface area contributed by atoms with Crippen LogP contribution in [0.4, 0.5) is 0 Å². The summed E-state index contributed by atoms with van der Waals surface area (Å²) >= 11 is 0. The number of hydrogen-bond acceptors (Lipinski definition) is 5. The second kappa shape index (κ2) is 6.79. The van der Waals surface area contributed by atoms with E-state index in [0.717, 1.165) is 33.9 Å². The summed E-state index contributed by atoms with van der Waals surface area (Å²) in [7, 11) is 1.66. The van der Waals surface area contributed by atoms with E-state index in [4.69, 9.17) is 18.9 Å². The molecule has 0 amide bonds. The molecule has 0 aliphatic carbocycles. The third kappa shape index (κ3) is 3.68. The van der Waals surface area contributed by atoms with Crippen molar-refractivity contribution in [2.24, 2.45) is 0 Å². The molecule has 128 valence electrons. The Morgan fingerprint density at radius 3 is 2.62 bits per heavy atom. The number of fused-ring (bicyclic) bond motifs is 1. The average Bonchev–Trinajstić information content (AvgIpc) is 2.57. The highest BCUT2D eigenvalue weighted by Crippen LogP contribution is 2.35. The average molecular weight is 329 g/mol. The van der Waals surface area contributed by atoms with Gasteiger partial charge in [-0.3, -0.25) is 4.98 Å². The number of aryl methyl sites for hydroxylation is 1. The Balaban J connectivity index is 1.67. The fraction of sp³-hybridized carbons (Fsp3) is 0.421. The van der Waals surface area contributed by atoms with Crippen molar-refractivity contribution < 1.29 is 18.9 Å². The lowest BCUT2D eigenvalue weighted by molar-refractivity contribution is -0.181. The van der Waals surface area contributed by atoms with Crippen molar-refractivity contribution in [1.82, 2.24) is 4.98 Å². The van der Waals surface area contributed by atoms with Crippen LogP contribution in [0.1, 0.15) is 36.2 Å². The van der Waals surface area contributed by atoms with Crippen LogP contribution >= 0.6 is 0 Å². The van der Waals surface area contributed by atoms with Gasteiger partial charge in [0, 0.05) is 31.2 Å². The number of benzene rings is 1. The van der Waals surface area contributed by atoms with Gasteiger partial charge >= 0.3 is 0 Å². The highest BCUT2D eigenvalue weighted by molar-refractivity contribution is 5.42. The molecule has 0 saturated carbocycles. The molecule has 1 aliphatic heterocycles. The molecule has 5 nitrogen and oxygen atoms in total. The molecule has 5 heteroatoms. The first-order valence-electron chi connectivity index (χ1n) is 7.99. The monoisotopic (exact) mass is 329 g/mol. The molecule has 0 atom stereocenters. The van der Waals surface area contributed by atoms with E-state index in [9.17, 15) is 0 Å². The number of ether oxygens (including phenoxy) is 4. The summed E-state index contributed by atoms with van der Waals surface area (Å²) in [6.07, 6.45) is 1.84. The van der Waals surface area contributed by atoms with E-state index >= 15 is 0 Å². The third-order valence-corrected chi connectivity index (χ3v) is 4.00. The van der Waals surface area contributed by atoms with Gasteiger partial charge in [0.1, 0.15) is 11.5 Å². The van der Waals surface area contributed by atoms with Gasteiger partial charge in [-0.1, -0.05) is 12.1 Å². The Bertz CT molecular complexity index is 710. The van der Waals surface area contributed by atoms with Crippen LogP contribution in [-0.4, -0.2) is 17.9 Å². The van der Waals surface area contributed by atoms with Gasteiger partial charge in [0.15, 0.2) is 0 Å². The zero-order valence-corrected chi connectivity index (χ0v) is 14.6. The summed E-state index contributed by atoms with van der Waals surface area (Å²) in [6.45, 7) is 7.26. The minimum Gasteiger partial charge on any atom is -0.497 e. The van der Waals surface area contributed by atoms with Gasteiger partial charge in [0.2, 0.25) is 5.79 Å². The van der Waals surface area contributed by atoms with Crippen LogP contribution in [0.2, 0.25) is 0 Å². The van der Waals surface area contributed by atoms with Crippen molar-refractivity contribution in [1.29, 1.82) is 0 Å². The second-order valence-electron chi connectivity index (χ2n) is 6.31. The molecule has 2 aromatic rings. The number of rotatable bonds is 5. The van der Waals surface area contributed by atoms with Gasteiger partial charge in [-0.15, -0.1) is 0 Å². The fourth-order valence-electron chi connectivity index (χ4n) is 2.62. The molecule has 1 aromatic heterocycles. The predicted octanol–water partition coefficient (Wildman–Crippen LogP) is 3.76. The van der Waals surface area contributed by atoms with Gasteiger partial charge in [-0.05, 0) is 24.6 Å². The van der Waals surface area contributed by atoms with E-state index in [-0.39, 0.29) is 0 Å². The first-order chi connectivity index (χ1) is 11.5. The summed E-state index contributed by atoms with van der Waals surface area (Å²) in [4.78, 5) is 4.43. The van der Waals surface area contributed by atoms with E-state index in [1.54, 1.807) is 7.11 Å². The molecule has 0 radical (unpaired) electrons.